The molecule has 0 aromatic rings. The van der Waals surface area contributed by atoms with Crippen LogP contribution in [-0.2, 0) is 27.9 Å². The fourth-order valence-corrected chi connectivity index (χ4v) is 6.31. The highest BCUT2D eigenvalue weighted by molar-refractivity contribution is 7.45. The molecule has 2 unspecified atom stereocenters. The monoisotopic (exact) mass is 756 g/mol. The summed E-state index contributed by atoms with van der Waals surface area (Å²) in [6.45, 7) is 5.31. The van der Waals surface area contributed by atoms with Crippen molar-refractivity contribution in [2.75, 3.05) is 54.1 Å². The number of quaternary nitrogens is 1. The van der Waals surface area contributed by atoms with Gasteiger partial charge in [-0.3, -0.25) is 9.36 Å². The van der Waals surface area contributed by atoms with E-state index in [1.165, 1.54) is 83.5 Å². The van der Waals surface area contributed by atoms with Gasteiger partial charge in [0.05, 0.1) is 34.4 Å². The van der Waals surface area contributed by atoms with E-state index >= 15 is 0 Å². The zero-order valence-electron chi connectivity index (χ0n) is 34.5. The van der Waals surface area contributed by atoms with E-state index in [1.54, 1.807) is 0 Å². The van der Waals surface area contributed by atoms with Crippen LogP contribution in [0.4, 0.5) is 0 Å². The minimum Gasteiger partial charge on any atom is -0.756 e. The van der Waals surface area contributed by atoms with Gasteiger partial charge in [-0.15, -0.1) is 0 Å². The van der Waals surface area contributed by atoms with Gasteiger partial charge in [0.1, 0.15) is 19.3 Å². The van der Waals surface area contributed by atoms with E-state index in [9.17, 15) is 14.3 Å². The van der Waals surface area contributed by atoms with Gasteiger partial charge in [-0.05, 0) is 64.2 Å². The van der Waals surface area contributed by atoms with Crippen LogP contribution in [-0.4, -0.2) is 70.7 Å². The number of esters is 1. The molecule has 2 atom stereocenters. The Morgan fingerprint density at radius 1 is 0.596 bits per heavy atom. The fourth-order valence-electron chi connectivity index (χ4n) is 5.58. The lowest BCUT2D eigenvalue weighted by Gasteiger charge is -2.28. The van der Waals surface area contributed by atoms with E-state index in [0.717, 1.165) is 70.6 Å². The van der Waals surface area contributed by atoms with Crippen LogP contribution in [0.3, 0.4) is 0 Å². The van der Waals surface area contributed by atoms with Gasteiger partial charge in [-0.1, -0.05) is 140 Å². The van der Waals surface area contributed by atoms with Crippen molar-refractivity contribution in [3.05, 3.63) is 36.5 Å². The molecule has 0 heterocycles. The summed E-state index contributed by atoms with van der Waals surface area (Å²) >= 11 is 0. The van der Waals surface area contributed by atoms with Crippen LogP contribution in [0.2, 0.25) is 0 Å². The first-order valence-electron chi connectivity index (χ1n) is 21.2. The van der Waals surface area contributed by atoms with Crippen molar-refractivity contribution in [3.8, 4) is 0 Å². The molecule has 0 radical (unpaired) electrons. The summed E-state index contributed by atoms with van der Waals surface area (Å²) in [7, 11) is 1.34. The summed E-state index contributed by atoms with van der Waals surface area (Å²) < 4.78 is 34.5. The lowest BCUT2D eigenvalue weighted by molar-refractivity contribution is -0.870. The Hall–Kier alpha value is -1.28. The van der Waals surface area contributed by atoms with E-state index < -0.39 is 13.9 Å². The van der Waals surface area contributed by atoms with Gasteiger partial charge in [-0.25, -0.2) is 0 Å². The molecular formula is C43H82NO7P. The molecular weight excluding hydrogens is 673 g/mol. The van der Waals surface area contributed by atoms with E-state index in [4.69, 9.17) is 18.5 Å². The first-order chi connectivity index (χ1) is 25.1. The van der Waals surface area contributed by atoms with Crippen molar-refractivity contribution in [1.82, 2.24) is 0 Å². The van der Waals surface area contributed by atoms with Crippen LogP contribution in [0.5, 0.6) is 0 Å². The lowest BCUT2D eigenvalue weighted by atomic mass is 10.1. The number of hydrogen-bond acceptors (Lipinski definition) is 7. The third-order valence-electron chi connectivity index (χ3n) is 8.89. The third-order valence-corrected chi connectivity index (χ3v) is 9.86. The Kier molecular flexibility index (Phi) is 35.8. The molecule has 306 valence electrons. The molecule has 0 amide bonds. The zero-order chi connectivity index (χ0) is 38.4. The van der Waals surface area contributed by atoms with Gasteiger partial charge in [0.25, 0.3) is 7.82 Å². The number of ether oxygens (including phenoxy) is 2. The number of phosphoric ester groups is 1. The summed E-state index contributed by atoms with van der Waals surface area (Å²) in [4.78, 5) is 25.0. The number of likely N-dealkylation sites (N-methyl/N-ethyl adjacent to an activating group) is 1. The smallest absolute Gasteiger partial charge is 0.306 e. The molecule has 0 saturated carbocycles. The molecule has 0 N–H and O–H groups in total. The summed E-state index contributed by atoms with van der Waals surface area (Å²) in [5.41, 5.74) is 0. The van der Waals surface area contributed by atoms with E-state index in [0.29, 0.717) is 24.1 Å². The number of carbonyl (C=O) groups is 1. The van der Waals surface area contributed by atoms with Crippen molar-refractivity contribution in [2.45, 2.75) is 180 Å². The topological polar surface area (TPSA) is 94.1 Å². The quantitative estimate of drug-likeness (QED) is 0.0203. The second-order valence-corrected chi connectivity index (χ2v) is 16.8. The minimum absolute atomic E-state index is 0.0220. The maximum absolute atomic E-state index is 12.6. The van der Waals surface area contributed by atoms with Gasteiger partial charge in [0.15, 0.2) is 0 Å². The highest BCUT2D eigenvalue weighted by atomic mass is 31.2. The standard InChI is InChI=1S/C43H82NO7P/c1-6-8-10-12-14-16-18-20-22-23-24-26-28-30-32-34-36-43(45)51-42(41-50-52(46,47)49-39-37-44(3,4)5)40-48-38-35-33-31-29-27-25-21-19-17-15-13-11-9-7-2/h11,13,17,19,22-23,42H,6-10,12,14-16,18,20-21,24-41H2,1-5H3/b13-11-,19-17-,23-22-. The summed E-state index contributed by atoms with van der Waals surface area (Å²) in [5.74, 6) is -0.347. The maximum Gasteiger partial charge on any atom is 0.306 e. The predicted octanol–water partition coefficient (Wildman–Crippen LogP) is 11.6. The van der Waals surface area contributed by atoms with Crippen LogP contribution < -0.4 is 4.89 Å². The van der Waals surface area contributed by atoms with Crippen molar-refractivity contribution in [1.29, 1.82) is 0 Å². The number of nitrogens with zero attached hydrogens (tertiary/aromatic N) is 1. The highest BCUT2D eigenvalue weighted by Crippen LogP contribution is 2.38. The number of rotatable bonds is 39. The molecule has 0 aliphatic carbocycles. The molecule has 0 fully saturated rings. The van der Waals surface area contributed by atoms with Crippen molar-refractivity contribution in [3.63, 3.8) is 0 Å². The van der Waals surface area contributed by atoms with Gasteiger partial charge < -0.3 is 27.9 Å². The molecule has 0 saturated heterocycles. The zero-order valence-corrected chi connectivity index (χ0v) is 35.4. The Labute approximate surface area is 321 Å². The van der Waals surface area contributed by atoms with Crippen LogP contribution in [0, 0.1) is 0 Å². The van der Waals surface area contributed by atoms with Crippen molar-refractivity contribution in [2.24, 2.45) is 0 Å². The molecule has 9 heteroatoms. The lowest BCUT2D eigenvalue weighted by Crippen LogP contribution is -2.37. The Balaban J connectivity index is 4.28. The van der Waals surface area contributed by atoms with Crippen molar-refractivity contribution >= 4 is 13.8 Å². The number of unbranched alkanes of at least 4 members (excludes halogenated alkanes) is 19. The largest absolute Gasteiger partial charge is 0.756 e. The minimum atomic E-state index is -4.53. The van der Waals surface area contributed by atoms with Crippen LogP contribution in [0.1, 0.15) is 174 Å². The SMILES string of the molecule is CCC/C=C\C/C=C\CCCCCCCCOCC(COP(=O)([O-])OCC[N+](C)(C)C)OC(=O)CCCCCCC/C=C\CCCCCCCCC. The second-order valence-electron chi connectivity index (χ2n) is 15.3. The molecule has 0 rings (SSSR count). The first-order valence-corrected chi connectivity index (χ1v) is 22.7. The summed E-state index contributed by atoms with van der Waals surface area (Å²) in [6.07, 6.45) is 41.5. The number of carbonyl (C=O) groups excluding carboxylic acids is 1. The fraction of sp³-hybridized carbons (Fsp3) is 0.837. The molecule has 0 aliphatic rings. The van der Waals surface area contributed by atoms with Crippen molar-refractivity contribution < 1.29 is 37.3 Å². The molecule has 0 spiro atoms. The van der Waals surface area contributed by atoms with Gasteiger partial charge in [0.2, 0.25) is 0 Å². The molecule has 8 nitrogen and oxygen atoms in total. The average Bonchev–Trinajstić information content (AvgIpc) is 3.09. The molecule has 0 aromatic heterocycles. The normalized spacial score (nSPS) is 14.2. The summed E-state index contributed by atoms with van der Waals surface area (Å²) in [6, 6.07) is 0. The molecule has 0 aromatic carbocycles. The third kappa shape index (κ3) is 39.9. The predicted molar refractivity (Wildman–Crippen MR) is 217 cm³/mol. The average molecular weight is 756 g/mol. The van der Waals surface area contributed by atoms with Gasteiger partial charge in [-0.2, -0.15) is 0 Å². The molecule has 52 heavy (non-hydrogen) atoms. The van der Waals surface area contributed by atoms with Crippen LogP contribution in [0.15, 0.2) is 36.5 Å². The number of phosphoric acid groups is 1. The van der Waals surface area contributed by atoms with Crippen LogP contribution in [0.25, 0.3) is 0 Å². The second kappa shape index (κ2) is 36.7. The van der Waals surface area contributed by atoms with E-state index in [-0.39, 0.29) is 25.8 Å². The molecule has 0 aliphatic heterocycles. The van der Waals surface area contributed by atoms with Gasteiger partial charge >= 0.3 is 5.97 Å². The number of allylic oxidation sites excluding steroid dienone is 6. The molecule has 0 bridgehead atoms. The maximum atomic E-state index is 12.6. The number of hydrogen-bond donors (Lipinski definition) is 0. The Bertz CT molecular complexity index is 931. The first kappa shape index (κ1) is 50.7. The van der Waals surface area contributed by atoms with Crippen LogP contribution >= 0.6 is 7.82 Å². The Morgan fingerprint density at radius 3 is 1.65 bits per heavy atom. The Morgan fingerprint density at radius 2 is 1.10 bits per heavy atom. The summed E-state index contributed by atoms with van der Waals surface area (Å²) in [5, 5.41) is 0. The highest BCUT2D eigenvalue weighted by Gasteiger charge is 2.20. The van der Waals surface area contributed by atoms with Gasteiger partial charge in [0, 0.05) is 13.0 Å². The van der Waals surface area contributed by atoms with E-state index in [1.807, 2.05) is 21.1 Å². The van der Waals surface area contributed by atoms with E-state index in [2.05, 4.69) is 50.3 Å².